The average molecular weight is 434 g/mol. The van der Waals surface area contributed by atoms with Crippen molar-refractivity contribution in [2.24, 2.45) is 0 Å². The van der Waals surface area contributed by atoms with Crippen LogP contribution >= 0.6 is 0 Å². The molecular formula is C24H19FN2O5. The molecular weight excluding hydrogens is 415 g/mol. The Morgan fingerprint density at radius 1 is 1.25 bits per heavy atom. The largest absolute Gasteiger partial charge is 0.507 e. The van der Waals surface area contributed by atoms with Crippen LogP contribution < -0.4 is 9.64 Å². The van der Waals surface area contributed by atoms with Gasteiger partial charge >= 0.3 is 5.91 Å². The number of carbonyl (C=O) groups is 2. The first-order valence-electron chi connectivity index (χ1n) is 9.74. The first-order chi connectivity index (χ1) is 15.4. The molecule has 1 saturated heterocycles. The van der Waals surface area contributed by atoms with Gasteiger partial charge in [-0.2, -0.15) is 0 Å². The van der Waals surface area contributed by atoms with Crippen LogP contribution in [0, 0.1) is 12.7 Å². The number of anilines is 1. The summed E-state index contributed by atoms with van der Waals surface area (Å²) < 4.78 is 24.1. The minimum absolute atomic E-state index is 0.130. The summed E-state index contributed by atoms with van der Waals surface area (Å²) in [5.74, 6) is -1.62. The van der Waals surface area contributed by atoms with Gasteiger partial charge in [-0.25, -0.2) is 4.39 Å². The number of aromatic nitrogens is 1. The number of benzene rings is 2. The highest BCUT2D eigenvalue weighted by Gasteiger charge is 2.48. The van der Waals surface area contributed by atoms with Crippen LogP contribution in [0.4, 0.5) is 10.2 Å². The van der Waals surface area contributed by atoms with Gasteiger partial charge in [0.25, 0.3) is 5.78 Å². The maximum atomic E-state index is 13.4. The van der Waals surface area contributed by atoms with Crippen LogP contribution in [0.5, 0.6) is 5.75 Å². The fourth-order valence-electron chi connectivity index (χ4n) is 3.54. The molecule has 3 aromatic rings. The van der Waals surface area contributed by atoms with Gasteiger partial charge in [-0.1, -0.05) is 29.9 Å². The number of rotatable bonds is 6. The Morgan fingerprint density at radius 3 is 2.66 bits per heavy atom. The SMILES string of the molecule is C=CCOc1cccc([C@H]2C(=C(O)c3ccc(F)cc3)C(=O)C(=O)N2c2cc(C)on2)c1. The Bertz CT molecular complexity index is 1230. The second kappa shape index (κ2) is 8.50. The molecule has 0 aliphatic carbocycles. The van der Waals surface area contributed by atoms with E-state index in [0.29, 0.717) is 17.1 Å². The summed E-state index contributed by atoms with van der Waals surface area (Å²) >= 11 is 0. The van der Waals surface area contributed by atoms with E-state index in [1.165, 1.54) is 23.1 Å². The summed E-state index contributed by atoms with van der Waals surface area (Å²) in [6.07, 6.45) is 1.59. The standard InChI is InChI=1S/C24H19FN2O5/c1-3-11-31-18-6-4-5-16(13-18)21-20(22(28)15-7-9-17(25)10-8-15)23(29)24(30)27(21)19-12-14(2)32-26-19/h3-10,12-13,21,28H,1,11H2,2H3/t21-/m0/s1. The van der Waals surface area contributed by atoms with Crippen molar-refractivity contribution in [2.75, 3.05) is 11.5 Å². The number of nitrogens with zero attached hydrogens (tertiary/aromatic N) is 2. The van der Waals surface area contributed by atoms with Gasteiger partial charge in [-0.15, -0.1) is 0 Å². The number of aliphatic hydroxyl groups excluding tert-OH is 1. The smallest absolute Gasteiger partial charge is 0.301 e. The summed E-state index contributed by atoms with van der Waals surface area (Å²) in [6, 6.07) is 12.3. The summed E-state index contributed by atoms with van der Waals surface area (Å²) in [7, 11) is 0. The molecule has 4 rings (SSSR count). The first kappa shape index (κ1) is 21.0. The maximum Gasteiger partial charge on any atom is 0.301 e. The van der Waals surface area contributed by atoms with Crippen molar-refractivity contribution in [1.82, 2.24) is 5.16 Å². The molecule has 1 fully saturated rings. The molecule has 0 radical (unpaired) electrons. The summed E-state index contributed by atoms with van der Waals surface area (Å²) in [4.78, 5) is 27.2. The Balaban J connectivity index is 1.90. The Labute approximate surface area is 183 Å². The van der Waals surface area contributed by atoms with Crippen molar-refractivity contribution in [2.45, 2.75) is 13.0 Å². The fraction of sp³-hybridized carbons (Fsp3) is 0.125. The molecule has 1 aromatic heterocycles. The molecule has 0 unspecified atom stereocenters. The third-order valence-electron chi connectivity index (χ3n) is 4.97. The first-order valence-corrected chi connectivity index (χ1v) is 9.74. The number of ether oxygens (including phenoxy) is 1. The molecule has 7 nitrogen and oxygen atoms in total. The normalized spacial score (nSPS) is 17.6. The van der Waals surface area contributed by atoms with Gasteiger partial charge in [0.05, 0.1) is 11.6 Å². The zero-order valence-electron chi connectivity index (χ0n) is 17.1. The van der Waals surface area contributed by atoms with E-state index >= 15 is 0 Å². The number of amides is 1. The molecule has 0 spiro atoms. The van der Waals surface area contributed by atoms with Crippen molar-refractivity contribution in [3.8, 4) is 5.75 Å². The number of hydrogen-bond donors (Lipinski definition) is 1. The molecule has 2 aromatic carbocycles. The van der Waals surface area contributed by atoms with E-state index in [0.717, 1.165) is 12.1 Å². The van der Waals surface area contributed by atoms with Gasteiger partial charge < -0.3 is 14.4 Å². The molecule has 162 valence electrons. The minimum Gasteiger partial charge on any atom is -0.507 e. The van der Waals surface area contributed by atoms with Crippen molar-refractivity contribution in [3.05, 3.63) is 95.5 Å². The van der Waals surface area contributed by atoms with Crippen molar-refractivity contribution >= 4 is 23.3 Å². The molecule has 2 heterocycles. The van der Waals surface area contributed by atoms with Gasteiger partial charge in [0.2, 0.25) is 0 Å². The zero-order chi connectivity index (χ0) is 22.8. The van der Waals surface area contributed by atoms with E-state index in [-0.39, 0.29) is 23.6 Å². The summed E-state index contributed by atoms with van der Waals surface area (Å²) in [5, 5.41) is 14.9. The third-order valence-corrected chi connectivity index (χ3v) is 4.97. The van der Waals surface area contributed by atoms with Crippen LogP contribution in [0.25, 0.3) is 5.76 Å². The van der Waals surface area contributed by atoms with Crippen LogP contribution in [0.1, 0.15) is 22.9 Å². The zero-order valence-corrected chi connectivity index (χ0v) is 17.1. The monoisotopic (exact) mass is 434 g/mol. The van der Waals surface area contributed by atoms with Gasteiger partial charge in [0, 0.05) is 11.6 Å². The van der Waals surface area contributed by atoms with Crippen LogP contribution in [-0.4, -0.2) is 28.6 Å². The molecule has 1 aliphatic heterocycles. The quantitative estimate of drug-likeness (QED) is 0.269. The molecule has 32 heavy (non-hydrogen) atoms. The predicted molar refractivity (Wildman–Crippen MR) is 115 cm³/mol. The Kier molecular flexibility index (Phi) is 5.59. The lowest BCUT2D eigenvalue weighted by Crippen LogP contribution is -2.29. The topological polar surface area (TPSA) is 92.9 Å². The van der Waals surface area contributed by atoms with Crippen LogP contribution in [-0.2, 0) is 9.59 Å². The van der Waals surface area contributed by atoms with Crippen molar-refractivity contribution < 1.29 is 28.3 Å². The molecule has 0 bridgehead atoms. The second-order valence-electron chi connectivity index (χ2n) is 7.14. The molecule has 1 N–H and O–H groups in total. The minimum atomic E-state index is -1.00. The highest BCUT2D eigenvalue weighted by molar-refractivity contribution is 6.51. The van der Waals surface area contributed by atoms with Crippen LogP contribution in [0.3, 0.4) is 0 Å². The fourth-order valence-corrected chi connectivity index (χ4v) is 3.54. The molecule has 1 amide bonds. The average Bonchev–Trinajstić information content (AvgIpc) is 3.33. The van der Waals surface area contributed by atoms with Crippen molar-refractivity contribution in [3.63, 3.8) is 0 Å². The number of ketones is 1. The number of hydrogen-bond acceptors (Lipinski definition) is 6. The van der Waals surface area contributed by atoms with Gasteiger partial charge in [0.1, 0.15) is 29.7 Å². The molecule has 1 aliphatic rings. The summed E-state index contributed by atoms with van der Waals surface area (Å²) in [5.41, 5.74) is 0.558. The van der Waals surface area contributed by atoms with E-state index in [1.54, 1.807) is 37.3 Å². The van der Waals surface area contributed by atoms with Gasteiger partial charge in [0.15, 0.2) is 5.82 Å². The van der Waals surface area contributed by atoms with E-state index < -0.39 is 29.3 Å². The number of Topliss-reactive ketones (excluding diaryl/α,β-unsaturated/α-hetero) is 1. The van der Waals surface area contributed by atoms with E-state index in [2.05, 4.69) is 11.7 Å². The maximum absolute atomic E-state index is 13.4. The second-order valence-corrected chi connectivity index (χ2v) is 7.14. The molecule has 0 saturated carbocycles. The number of carbonyl (C=O) groups excluding carboxylic acids is 2. The van der Waals surface area contributed by atoms with E-state index in [9.17, 15) is 19.1 Å². The van der Waals surface area contributed by atoms with E-state index in [1.807, 2.05) is 0 Å². The highest BCUT2D eigenvalue weighted by atomic mass is 19.1. The lowest BCUT2D eigenvalue weighted by molar-refractivity contribution is -0.132. The summed E-state index contributed by atoms with van der Waals surface area (Å²) in [6.45, 7) is 5.54. The lowest BCUT2D eigenvalue weighted by Gasteiger charge is -2.23. The van der Waals surface area contributed by atoms with Crippen LogP contribution in [0.2, 0.25) is 0 Å². The Hall–Kier alpha value is -4.20. The highest BCUT2D eigenvalue weighted by Crippen LogP contribution is 2.42. The Morgan fingerprint density at radius 2 is 2.00 bits per heavy atom. The number of aliphatic hydroxyl groups is 1. The lowest BCUT2D eigenvalue weighted by atomic mass is 9.95. The number of halogens is 1. The predicted octanol–water partition coefficient (Wildman–Crippen LogP) is 4.31. The van der Waals surface area contributed by atoms with Crippen LogP contribution in [0.15, 0.2) is 77.3 Å². The van der Waals surface area contributed by atoms with E-state index in [4.69, 9.17) is 9.26 Å². The third kappa shape index (κ3) is 3.78. The molecule has 8 heteroatoms. The van der Waals surface area contributed by atoms with Crippen molar-refractivity contribution in [1.29, 1.82) is 0 Å². The number of aryl methyl sites for hydroxylation is 1. The van der Waals surface area contributed by atoms with Gasteiger partial charge in [-0.05, 0) is 48.9 Å². The molecule has 1 atom stereocenters. The van der Waals surface area contributed by atoms with Gasteiger partial charge in [-0.3, -0.25) is 14.5 Å².